The van der Waals surface area contributed by atoms with Crippen LogP contribution in [0.4, 0.5) is 0 Å². The van der Waals surface area contributed by atoms with E-state index < -0.39 is 0 Å². The highest BCUT2D eigenvalue weighted by Gasteiger charge is 1.97. The third kappa shape index (κ3) is 6.36. The lowest BCUT2D eigenvalue weighted by atomic mass is 10.3. The fourth-order valence-electron chi connectivity index (χ4n) is 0.253. The zero-order valence-electron chi connectivity index (χ0n) is 4.15. The Balaban J connectivity index is 3.13. The van der Waals surface area contributed by atoms with Crippen LogP contribution in [0.1, 0.15) is 13.3 Å². The lowest BCUT2D eigenvalue weighted by Crippen LogP contribution is -2.16. The van der Waals surface area contributed by atoms with E-state index in [2.05, 4.69) is 0 Å². The number of hydrogen-bond donors (Lipinski definition) is 1. The van der Waals surface area contributed by atoms with Crippen molar-refractivity contribution in [1.29, 1.82) is 0 Å². The molecule has 0 aliphatic carbocycles. The number of carbonyl (C=O) groups is 1. The molecule has 0 aromatic carbocycles. The summed E-state index contributed by atoms with van der Waals surface area (Å²) in [5, 5.41) is 0. The van der Waals surface area contributed by atoms with E-state index in [4.69, 9.17) is 5.73 Å². The molecule has 0 heterocycles. The Bertz CT molecular complexity index is 72.1. The highest BCUT2D eigenvalue weighted by atomic mass is 127. The Morgan fingerprint density at radius 1 is 2.00 bits per heavy atom. The van der Waals surface area contributed by atoms with Crippen molar-refractivity contribution in [3.05, 3.63) is 0 Å². The van der Waals surface area contributed by atoms with Gasteiger partial charge in [0.25, 0.3) is 0 Å². The van der Waals surface area contributed by atoms with Gasteiger partial charge in [-0.3, -0.25) is 4.79 Å². The summed E-state index contributed by atoms with van der Waals surface area (Å²) in [6, 6.07) is 0.0180. The maximum Gasteiger partial charge on any atom is 0.193 e. The molecule has 0 aliphatic heterocycles. The average molecular weight is 213 g/mol. The first kappa shape index (κ1) is 7.36. The zero-order valence-corrected chi connectivity index (χ0v) is 6.31. The topological polar surface area (TPSA) is 43.1 Å². The summed E-state index contributed by atoms with van der Waals surface area (Å²) >= 11 is 1.74. The molecule has 0 rings (SSSR count). The summed E-state index contributed by atoms with van der Waals surface area (Å²) in [5.41, 5.74) is 5.27. The summed E-state index contributed by atoms with van der Waals surface area (Å²) in [5.74, 6) is 0. The van der Waals surface area contributed by atoms with Crippen LogP contribution in [0.5, 0.6) is 0 Å². The van der Waals surface area contributed by atoms with E-state index in [0.29, 0.717) is 6.42 Å². The molecule has 0 aromatic rings. The fraction of sp³-hybridized carbons (Fsp3) is 0.750. The molecule has 0 spiro atoms. The zero-order chi connectivity index (χ0) is 5.86. The molecule has 1 unspecified atom stereocenters. The number of nitrogens with two attached hydrogens (primary N) is 1. The fourth-order valence-corrected chi connectivity index (χ4v) is 0.948. The van der Waals surface area contributed by atoms with Gasteiger partial charge in [-0.1, -0.05) is 0 Å². The highest BCUT2D eigenvalue weighted by Crippen LogP contribution is 1.94. The quantitative estimate of drug-likeness (QED) is 0.541. The van der Waals surface area contributed by atoms with Crippen molar-refractivity contribution >= 4 is 26.4 Å². The third-order valence-electron chi connectivity index (χ3n) is 0.482. The van der Waals surface area contributed by atoms with Gasteiger partial charge in [-0.15, -0.1) is 0 Å². The molecule has 2 N–H and O–H groups in total. The van der Waals surface area contributed by atoms with Crippen LogP contribution in [0.3, 0.4) is 0 Å². The van der Waals surface area contributed by atoms with Crippen molar-refractivity contribution in [2.75, 3.05) is 0 Å². The molecule has 0 amide bonds. The molecule has 3 heteroatoms. The standard InChI is InChI=1S/C4H8INO/c1-3(6)2-4(5)7/h3H,2,6H2,1H3. The second kappa shape index (κ2) is 3.37. The Morgan fingerprint density at radius 2 is 2.43 bits per heavy atom. The first-order valence-corrected chi connectivity index (χ1v) is 3.14. The van der Waals surface area contributed by atoms with Crippen LogP contribution < -0.4 is 5.73 Å². The van der Waals surface area contributed by atoms with Gasteiger partial charge in [0.05, 0.1) is 0 Å². The van der Waals surface area contributed by atoms with Crippen LogP contribution in [0, 0.1) is 0 Å². The molecule has 2 nitrogen and oxygen atoms in total. The normalized spacial score (nSPS) is 13.6. The minimum absolute atomic E-state index is 0.0180. The molecule has 7 heavy (non-hydrogen) atoms. The Kier molecular flexibility index (Phi) is 3.55. The third-order valence-corrected chi connectivity index (χ3v) is 0.923. The van der Waals surface area contributed by atoms with Crippen LogP contribution in [0.25, 0.3) is 0 Å². The maximum atomic E-state index is 10.2. The van der Waals surface area contributed by atoms with Gasteiger partial charge in [0.1, 0.15) is 0 Å². The summed E-state index contributed by atoms with van der Waals surface area (Å²) in [6.45, 7) is 1.82. The van der Waals surface area contributed by atoms with E-state index in [-0.39, 0.29) is 9.83 Å². The molecule has 0 bridgehead atoms. The molecule has 0 aromatic heterocycles. The summed E-state index contributed by atoms with van der Waals surface area (Å²) in [6.07, 6.45) is 0.487. The van der Waals surface area contributed by atoms with Crippen molar-refractivity contribution in [1.82, 2.24) is 0 Å². The predicted molar refractivity (Wildman–Crippen MR) is 37.3 cm³/mol. The monoisotopic (exact) mass is 213 g/mol. The predicted octanol–water partition coefficient (Wildman–Crippen LogP) is 0.685. The number of halogens is 1. The molecular weight excluding hydrogens is 205 g/mol. The first-order valence-electron chi connectivity index (χ1n) is 2.07. The molecule has 0 saturated carbocycles. The van der Waals surface area contributed by atoms with Crippen molar-refractivity contribution in [2.45, 2.75) is 19.4 Å². The Labute approximate surface area is 56.6 Å². The van der Waals surface area contributed by atoms with Crippen LogP contribution in [0.2, 0.25) is 0 Å². The second-order valence-corrected chi connectivity index (χ2v) is 2.74. The summed E-state index contributed by atoms with van der Waals surface area (Å²) in [4.78, 5) is 10.2. The van der Waals surface area contributed by atoms with Gasteiger partial charge >= 0.3 is 0 Å². The van der Waals surface area contributed by atoms with E-state index in [1.807, 2.05) is 6.92 Å². The van der Waals surface area contributed by atoms with Crippen molar-refractivity contribution in [2.24, 2.45) is 5.73 Å². The molecular formula is C4H8INO. The van der Waals surface area contributed by atoms with Crippen molar-refractivity contribution < 1.29 is 4.79 Å². The number of rotatable bonds is 2. The van der Waals surface area contributed by atoms with E-state index in [0.717, 1.165) is 0 Å². The second-order valence-electron chi connectivity index (χ2n) is 1.54. The Hall–Kier alpha value is 0.360. The largest absolute Gasteiger partial charge is 0.328 e. The maximum absolute atomic E-state index is 10.2. The van der Waals surface area contributed by atoms with Crippen LogP contribution in [0.15, 0.2) is 0 Å². The van der Waals surface area contributed by atoms with E-state index in [1.54, 1.807) is 22.6 Å². The van der Waals surface area contributed by atoms with Crippen LogP contribution >= 0.6 is 22.6 Å². The van der Waals surface area contributed by atoms with Gasteiger partial charge in [-0.25, -0.2) is 0 Å². The first-order chi connectivity index (χ1) is 3.13. The van der Waals surface area contributed by atoms with Crippen LogP contribution in [-0.4, -0.2) is 9.83 Å². The summed E-state index contributed by atoms with van der Waals surface area (Å²) < 4.78 is 0.132. The van der Waals surface area contributed by atoms with E-state index >= 15 is 0 Å². The SMILES string of the molecule is CC(N)CC(=O)I. The summed E-state index contributed by atoms with van der Waals surface area (Å²) in [7, 11) is 0. The van der Waals surface area contributed by atoms with Gasteiger partial charge in [-0.05, 0) is 29.5 Å². The minimum Gasteiger partial charge on any atom is -0.328 e. The van der Waals surface area contributed by atoms with Crippen LogP contribution in [-0.2, 0) is 4.79 Å². The molecule has 0 aliphatic rings. The van der Waals surface area contributed by atoms with Gasteiger partial charge in [-0.2, -0.15) is 0 Å². The van der Waals surface area contributed by atoms with Gasteiger partial charge in [0.15, 0.2) is 3.79 Å². The Morgan fingerprint density at radius 3 is 2.43 bits per heavy atom. The number of carbonyl (C=O) groups excluding carboxylic acids is 1. The molecule has 0 fully saturated rings. The number of hydrogen-bond acceptors (Lipinski definition) is 2. The van der Waals surface area contributed by atoms with Crippen molar-refractivity contribution in [3.63, 3.8) is 0 Å². The molecule has 42 valence electrons. The van der Waals surface area contributed by atoms with Gasteiger partial charge < -0.3 is 5.73 Å². The van der Waals surface area contributed by atoms with Crippen molar-refractivity contribution in [3.8, 4) is 0 Å². The molecule has 1 atom stereocenters. The van der Waals surface area contributed by atoms with E-state index in [9.17, 15) is 4.79 Å². The van der Waals surface area contributed by atoms with Gasteiger partial charge in [0.2, 0.25) is 0 Å². The molecule has 0 saturated heterocycles. The molecule has 0 radical (unpaired) electrons. The van der Waals surface area contributed by atoms with E-state index in [1.165, 1.54) is 0 Å². The lowest BCUT2D eigenvalue weighted by Gasteiger charge is -1.95. The highest BCUT2D eigenvalue weighted by molar-refractivity contribution is 14.1. The van der Waals surface area contributed by atoms with Gasteiger partial charge in [0, 0.05) is 12.5 Å². The average Bonchev–Trinajstić information content (AvgIpc) is 1.27. The smallest absolute Gasteiger partial charge is 0.193 e. The minimum atomic E-state index is 0.0180. The lowest BCUT2D eigenvalue weighted by molar-refractivity contribution is -0.109.